The summed E-state index contributed by atoms with van der Waals surface area (Å²) in [5.41, 5.74) is 8.89. The van der Waals surface area contributed by atoms with Crippen molar-refractivity contribution in [3.8, 4) is 16.8 Å². The Balaban J connectivity index is 1.02. The molecule has 12 rings (SSSR count). The van der Waals surface area contributed by atoms with Gasteiger partial charge in [-0.3, -0.25) is 0 Å². The quantitative estimate of drug-likeness (QED) is 0.160. The molecule has 0 fully saturated rings. The number of thiophene rings is 1. The van der Waals surface area contributed by atoms with Crippen LogP contribution in [0.15, 0.2) is 188 Å². The highest BCUT2D eigenvalue weighted by Crippen LogP contribution is 2.46. The number of rotatable bonds is 5. The van der Waals surface area contributed by atoms with E-state index in [1.165, 1.54) is 92.0 Å². The SMILES string of the molecule is Fc1ccc(N(c2ccc(-c3ccc4ccc5c6c(ccc3c46)cc3c5c4ccccc4n3-c3ccccc3)cc2)c2ccc3c(c2)sc2ccccc23)cc1. The number of para-hydroxylation sites is 2. The van der Waals surface area contributed by atoms with E-state index in [0.29, 0.717) is 0 Å². The van der Waals surface area contributed by atoms with Crippen molar-refractivity contribution >= 4 is 103 Å². The smallest absolute Gasteiger partial charge is 0.123 e. The molecule has 10 aromatic carbocycles. The van der Waals surface area contributed by atoms with Crippen LogP contribution in [0.2, 0.25) is 0 Å². The average molecular weight is 735 g/mol. The maximum Gasteiger partial charge on any atom is 0.123 e. The Morgan fingerprint density at radius 1 is 0.411 bits per heavy atom. The van der Waals surface area contributed by atoms with Gasteiger partial charge >= 0.3 is 0 Å². The molecule has 0 N–H and O–H groups in total. The molecule has 0 aliphatic heterocycles. The van der Waals surface area contributed by atoms with Crippen LogP contribution in [0.4, 0.5) is 21.5 Å². The summed E-state index contributed by atoms with van der Waals surface area (Å²) in [6.07, 6.45) is 0. The second kappa shape index (κ2) is 12.0. The molecule has 0 saturated heterocycles. The van der Waals surface area contributed by atoms with Crippen LogP contribution in [0.3, 0.4) is 0 Å². The van der Waals surface area contributed by atoms with Gasteiger partial charge in [-0.05, 0) is 122 Å². The first kappa shape index (κ1) is 31.4. The standard InChI is InChI=1S/C52H31FN2S/c53-35-19-23-38(24-20-35)54(39-25-29-42-41-10-5-7-13-48(41)56-49(42)31-39)37-21-14-32(15-22-37)40-26-16-33-17-28-45-51-34(18-27-43(40)50(33)51)30-47-52(45)44-11-4-6-12-46(44)55(47)36-8-2-1-3-9-36/h1-31H. The predicted octanol–water partition coefficient (Wildman–Crippen LogP) is 15.3. The van der Waals surface area contributed by atoms with Gasteiger partial charge in [0.15, 0.2) is 0 Å². The molecule has 2 heterocycles. The Hall–Kier alpha value is -7.01. The van der Waals surface area contributed by atoms with Gasteiger partial charge in [0, 0.05) is 53.7 Å². The van der Waals surface area contributed by atoms with Crippen molar-refractivity contribution in [1.29, 1.82) is 0 Å². The number of nitrogens with zero attached hydrogens (tertiary/aromatic N) is 2. The van der Waals surface area contributed by atoms with Crippen LogP contribution in [0.25, 0.3) is 91.1 Å². The maximum atomic E-state index is 14.2. The lowest BCUT2D eigenvalue weighted by Gasteiger charge is -2.26. The molecule has 12 aromatic rings. The minimum atomic E-state index is -0.249. The summed E-state index contributed by atoms with van der Waals surface area (Å²) < 4.78 is 19.1. The number of hydrogen-bond acceptors (Lipinski definition) is 2. The number of fused-ring (bicyclic) bond motifs is 7. The molecule has 56 heavy (non-hydrogen) atoms. The second-order valence-electron chi connectivity index (χ2n) is 14.6. The van der Waals surface area contributed by atoms with Crippen molar-refractivity contribution in [2.75, 3.05) is 4.90 Å². The van der Waals surface area contributed by atoms with Crippen LogP contribution in [0.1, 0.15) is 0 Å². The second-order valence-corrected chi connectivity index (χ2v) is 15.7. The molecule has 4 heteroatoms. The van der Waals surface area contributed by atoms with Crippen molar-refractivity contribution in [1.82, 2.24) is 4.57 Å². The molecule has 0 aliphatic rings. The van der Waals surface area contributed by atoms with E-state index in [9.17, 15) is 4.39 Å². The number of halogens is 1. The van der Waals surface area contributed by atoms with E-state index in [1.54, 1.807) is 11.3 Å². The van der Waals surface area contributed by atoms with Gasteiger partial charge in [-0.1, -0.05) is 109 Å². The van der Waals surface area contributed by atoms with Gasteiger partial charge in [-0.2, -0.15) is 0 Å². The Morgan fingerprint density at radius 2 is 1.04 bits per heavy atom. The third-order valence-corrected chi connectivity index (χ3v) is 12.7. The zero-order valence-electron chi connectivity index (χ0n) is 30.1. The highest BCUT2D eigenvalue weighted by atomic mass is 32.1. The summed E-state index contributed by atoms with van der Waals surface area (Å²) in [7, 11) is 0. The summed E-state index contributed by atoms with van der Waals surface area (Å²) in [6.45, 7) is 0. The lowest BCUT2D eigenvalue weighted by Crippen LogP contribution is -2.09. The first-order valence-electron chi connectivity index (χ1n) is 18.9. The number of benzene rings is 10. The summed E-state index contributed by atoms with van der Waals surface area (Å²) in [4.78, 5) is 2.22. The first-order chi connectivity index (χ1) is 27.7. The lowest BCUT2D eigenvalue weighted by atomic mass is 9.88. The van der Waals surface area contributed by atoms with E-state index in [2.05, 4.69) is 173 Å². The van der Waals surface area contributed by atoms with Crippen molar-refractivity contribution in [3.63, 3.8) is 0 Å². The minimum absolute atomic E-state index is 0.249. The van der Waals surface area contributed by atoms with E-state index in [4.69, 9.17) is 0 Å². The Labute approximate surface area is 325 Å². The van der Waals surface area contributed by atoms with Gasteiger partial charge in [0.25, 0.3) is 0 Å². The van der Waals surface area contributed by atoms with Gasteiger partial charge in [0.1, 0.15) is 5.82 Å². The fraction of sp³-hybridized carbons (Fsp3) is 0. The van der Waals surface area contributed by atoms with E-state index in [-0.39, 0.29) is 5.82 Å². The highest BCUT2D eigenvalue weighted by molar-refractivity contribution is 7.25. The first-order valence-corrected chi connectivity index (χ1v) is 19.8. The number of anilines is 3. The van der Waals surface area contributed by atoms with Crippen LogP contribution < -0.4 is 4.90 Å². The van der Waals surface area contributed by atoms with Crippen molar-refractivity contribution in [2.45, 2.75) is 0 Å². The van der Waals surface area contributed by atoms with Crippen molar-refractivity contribution in [3.05, 3.63) is 194 Å². The van der Waals surface area contributed by atoms with Gasteiger partial charge in [0.05, 0.1) is 11.0 Å². The molecule has 0 spiro atoms. The van der Waals surface area contributed by atoms with Crippen LogP contribution in [0, 0.1) is 5.82 Å². The molecular weight excluding hydrogens is 704 g/mol. The largest absolute Gasteiger partial charge is 0.310 e. The van der Waals surface area contributed by atoms with Crippen molar-refractivity contribution in [2.24, 2.45) is 0 Å². The molecule has 0 radical (unpaired) electrons. The molecule has 0 unspecified atom stereocenters. The molecular formula is C52H31FN2S. The summed E-state index contributed by atoms with van der Waals surface area (Å²) in [6, 6.07) is 66.4. The zero-order chi connectivity index (χ0) is 36.9. The molecule has 0 amide bonds. The third kappa shape index (κ3) is 4.60. The van der Waals surface area contributed by atoms with E-state index >= 15 is 0 Å². The number of hydrogen-bond donors (Lipinski definition) is 0. The Morgan fingerprint density at radius 3 is 1.88 bits per heavy atom. The third-order valence-electron chi connectivity index (χ3n) is 11.6. The van der Waals surface area contributed by atoms with Crippen molar-refractivity contribution < 1.29 is 4.39 Å². The Kier molecular flexibility index (Phi) is 6.72. The van der Waals surface area contributed by atoms with Gasteiger partial charge < -0.3 is 9.47 Å². The summed E-state index contributed by atoms with van der Waals surface area (Å²) in [5.74, 6) is -0.249. The van der Waals surface area contributed by atoms with Crippen LogP contribution in [-0.2, 0) is 0 Å². The van der Waals surface area contributed by atoms with Crippen LogP contribution >= 0.6 is 11.3 Å². The highest BCUT2D eigenvalue weighted by Gasteiger charge is 2.20. The minimum Gasteiger partial charge on any atom is -0.310 e. The van der Waals surface area contributed by atoms with E-state index in [1.807, 2.05) is 12.1 Å². The molecule has 0 bridgehead atoms. The summed E-state index contributed by atoms with van der Waals surface area (Å²) in [5, 5.41) is 12.7. The fourth-order valence-electron chi connectivity index (χ4n) is 9.12. The fourth-order valence-corrected chi connectivity index (χ4v) is 10.3. The number of aromatic nitrogens is 1. The van der Waals surface area contributed by atoms with Gasteiger partial charge in [-0.15, -0.1) is 11.3 Å². The molecule has 0 aliphatic carbocycles. The normalized spacial score (nSPS) is 12.0. The topological polar surface area (TPSA) is 8.17 Å². The van der Waals surface area contributed by atoms with E-state index in [0.717, 1.165) is 28.3 Å². The molecule has 0 saturated carbocycles. The monoisotopic (exact) mass is 734 g/mol. The summed E-state index contributed by atoms with van der Waals surface area (Å²) >= 11 is 1.80. The van der Waals surface area contributed by atoms with Crippen LogP contribution in [0.5, 0.6) is 0 Å². The molecule has 2 nitrogen and oxygen atoms in total. The van der Waals surface area contributed by atoms with Crippen LogP contribution in [-0.4, -0.2) is 4.57 Å². The van der Waals surface area contributed by atoms with Gasteiger partial charge in [-0.25, -0.2) is 4.39 Å². The molecule has 2 aromatic heterocycles. The lowest BCUT2D eigenvalue weighted by molar-refractivity contribution is 0.628. The molecule has 262 valence electrons. The zero-order valence-corrected chi connectivity index (χ0v) is 30.9. The maximum absolute atomic E-state index is 14.2. The predicted molar refractivity (Wildman–Crippen MR) is 237 cm³/mol. The average Bonchev–Trinajstić information content (AvgIpc) is 3.79. The van der Waals surface area contributed by atoms with E-state index < -0.39 is 0 Å². The molecule has 0 atom stereocenters. The Bertz CT molecular complexity index is 3470. The van der Waals surface area contributed by atoms with Gasteiger partial charge in [0.2, 0.25) is 0 Å².